The molecule has 0 aromatic heterocycles. The van der Waals surface area contributed by atoms with E-state index in [1.807, 2.05) is 0 Å². The first kappa shape index (κ1) is 18.5. The number of alkyl halides is 7. The van der Waals surface area contributed by atoms with Gasteiger partial charge in [-0.05, 0) is 18.9 Å². The predicted molar refractivity (Wildman–Crippen MR) is 74.7 cm³/mol. The van der Waals surface area contributed by atoms with E-state index in [2.05, 4.69) is 0 Å². The maximum absolute atomic E-state index is 12.9. The minimum absolute atomic E-state index is 0.127. The lowest BCUT2D eigenvalue weighted by molar-refractivity contribution is -0.0953. The first-order valence-corrected chi connectivity index (χ1v) is 7.33. The zero-order valence-corrected chi connectivity index (χ0v) is 12.9. The maximum Gasteiger partial charge on any atom is 0.417 e. The Hall–Kier alpha value is -0.860. The molecule has 1 aliphatic carbocycles. The van der Waals surface area contributed by atoms with Gasteiger partial charge >= 0.3 is 12.4 Å². The molecule has 130 valence electrons. The second-order valence-electron chi connectivity index (χ2n) is 5.25. The topological polar surface area (TPSA) is 29.3 Å². The molecular weight excluding hydrogens is 369 g/mol. The fourth-order valence-corrected chi connectivity index (χ4v) is 3.18. The molecule has 2 rings (SSSR count). The van der Waals surface area contributed by atoms with Crippen LogP contribution in [0.4, 0.5) is 26.3 Å². The number of rotatable bonds is 1. The van der Waals surface area contributed by atoms with Crippen LogP contribution in [0.15, 0.2) is 34.5 Å². The third-order valence-corrected chi connectivity index (χ3v) is 4.43. The molecule has 2 N–H and O–H groups in total. The van der Waals surface area contributed by atoms with E-state index < -0.39 is 41.1 Å². The van der Waals surface area contributed by atoms with Crippen molar-refractivity contribution >= 4 is 23.2 Å². The smallest absolute Gasteiger partial charge is 0.354 e. The van der Waals surface area contributed by atoms with Crippen LogP contribution in [0.5, 0.6) is 0 Å². The monoisotopic (exact) mass is 380 g/mol. The Morgan fingerprint density at radius 1 is 1.13 bits per heavy atom. The summed E-state index contributed by atoms with van der Waals surface area (Å²) in [6.07, 6.45) is -8.20. The van der Waals surface area contributed by atoms with Crippen LogP contribution in [0.25, 0.3) is 0 Å². The lowest BCUT2D eigenvalue weighted by Crippen LogP contribution is -2.49. The molecule has 2 nitrogen and oxygen atoms in total. The molecule has 0 radical (unpaired) electrons. The molecule has 2 aliphatic rings. The van der Waals surface area contributed by atoms with Crippen molar-refractivity contribution in [3.8, 4) is 0 Å². The highest BCUT2D eigenvalue weighted by molar-refractivity contribution is 6.30. The van der Waals surface area contributed by atoms with Gasteiger partial charge < -0.3 is 10.6 Å². The van der Waals surface area contributed by atoms with E-state index in [-0.39, 0.29) is 17.9 Å². The molecule has 23 heavy (non-hydrogen) atoms. The summed E-state index contributed by atoms with van der Waals surface area (Å²) < 4.78 is 76.8. The van der Waals surface area contributed by atoms with Gasteiger partial charge in [0.05, 0.1) is 16.0 Å². The van der Waals surface area contributed by atoms with Gasteiger partial charge in [0.15, 0.2) is 0 Å². The number of hydrogen-bond donors (Lipinski definition) is 1. The third kappa shape index (κ3) is 3.97. The van der Waals surface area contributed by atoms with Crippen LogP contribution in [0.1, 0.15) is 12.8 Å². The summed E-state index contributed by atoms with van der Waals surface area (Å²) in [7, 11) is 0. The minimum Gasteiger partial charge on any atom is -0.354 e. The van der Waals surface area contributed by atoms with E-state index in [9.17, 15) is 26.3 Å². The van der Waals surface area contributed by atoms with Gasteiger partial charge in [0.25, 0.3) is 0 Å². The molecule has 10 heteroatoms. The SMILES string of the molecule is NC1C(Cl)=CC(C(F)(F)F)=CN1C1CC=C(C(F)(F)F)C(Cl)C1. The summed E-state index contributed by atoms with van der Waals surface area (Å²) in [4.78, 5) is 1.12. The number of hydrogen-bond acceptors (Lipinski definition) is 2. The summed E-state index contributed by atoms with van der Waals surface area (Å²) in [5.41, 5.74) is 3.85. The van der Waals surface area contributed by atoms with Crippen molar-refractivity contribution in [3.63, 3.8) is 0 Å². The van der Waals surface area contributed by atoms with Crippen LogP contribution in [0.3, 0.4) is 0 Å². The Morgan fingerprint density at radius 3 is 2.22 bits per heavy atom. The second kappa shape index (κ2) is 6.22. The lowest BCUT2D eigenvalue weighted by Gasteiger charge is -2.40. The first-order chi connectivity index (χ1) is 10.4. The fourth-order valence-electron chi connectivity index (χ4n) is 2.53. The van der Waals surface area contributed by atoms with Crippen LogP contribution in [0, 0.1) is 0 Å². The van der Waals surface area contributed by atoms with Gasteiger partial charge in [-0.3, -0.25) is 0 Å². The zero-order chi connectivity index (χ0) is 17.6. The van der Waals surface area contributed by atoms with Crippen molar-refractivity contribution in [1.82, 2.24) is 4.90 Å². The Labute approximate surface area is 138 Å². The largest absolute Gasteiger partial charge is 0.417 e. The molecule has 0 saturated heterocycles. The molecule has 3 atom stereocenters. The van der Waals surface area contributed by atoms with E-state index in [0.29, 0.717) is 6.08 Å². The van der Waals surface area contributed by atoms with E-state index in [4.69, 9.17) is 28.9 Å². The summed E-state index contributed by atoms with van der Waals surface area (Å²) in [6, 6.07) is -0.710. The molecular formula is C13H12Cl2F6N2. The Balaban J connectivity index is 2.27. The highest BCUT2D eigenvalue weighted by atomic mass is 35.5. The van der Waals surface area contributed by atoms with E-state index in [1.165, 1.54) is 0 Å². The van der Waals surface area contributed by atoms with Gasteiger partial charge in [-0.15, -0.1) is 11.6 Å². The van der Waals surface area contributed by atoms with E-state index in [1.54, 1.807) is 0 Å². The minimum atomic E-state index is -4.64. The van der Waals surface area contributed by atoms with Crippen molar-refractivity contribution in [2.75, 3.05) is 0 Å². The lowest BCUT2D eigenvalue weighted by atomic mass is 9.92. The molecule has 0 saturated carbocycles. The Kier molecular flexibility index (Phi) is 4.99. The van der Waals surface area contributed by atoms with Gasteiger partial charge in [-0.2, -0.15) is 26.3 Å². The molecule has 0 aromatic rings. The third-order valence-electron chi connectivity index (χ3n) is 3.69. The number of nitrogens with zero attached hydrogens (tertiary/aromatic N) is 1. The normalized spacial score (nSPS) is 29.9. The average Bonchev–Trinajstić information content (AvgIpc) is 2.38. The number of halogens is 8. The molecule has 0 fully saturated rings. The first-order valence-electron chi connectivity index (χ1n) is 6.51. The predicted octanol–water partition coefficient (Wildman–Crippen LogP) is 4.41. The maximum atomic E-state index is 12.9. The molecule has 1 aliphatic heterocycles. The molecule has 3 unspecified atom stereocenters. The number of nitrogens with two attached hydrogens (primary N) is 1. The van der Waals surface area contributed by atoms with Gasteiger partial charge in [-0.25, -0.2) is 0 Å². The van der Waals surface area contributed by atoms with Crippen LogP contribution < -0.4 is 5.73 Å². The van der Waals surface area contributed by atoms with Crippen molar-refractivity contribution < 1.29 is 26.3 Å². The van der Waals surface area contributed by atoms with Crippen molar-refractivity contribution in [3.05, 3.63) is 34.5 Å². The standard InChI is InChI=1S/C13H12Cl2F6N2/c14-9-4-7(1-2-8(9)13(19,20)21)23-5-6(12(16,17)18)3-10(15)11(23)22/h2-3,5,7,9,11H,1,4,22H2. The fraction of sp³-hybridized carbons (Fsp3) is 0.538. The quantitative estimate of drug-likeness (QED) is 0.414. The summed E-state index contributed by atoms with van der Waals surface area (Å²) in [5.74, 6) is 0. The number of allylic oxidation sites excluding steroid dienone is 3. The Bertz CT molecular complexity index is 564. The van der Waals surface area contributed by atoms with E-state index in [0.717, 1.165) is 17.2 Å². The highest BCUT2D eigenvalue weighted by Crippen LogP contribution is 2.40. The van der Waals surface area contributed by atoms with Crippen molar-refractivity contribution in [2.45, 2.75) is 42.8 Å². The van der Waals surface area contributed by atoms with E-state index >= 15 is 0 Å². The van der Waals surface area contributed by atoms with Crippen LogP contribution in [-0.4, -0.2) is 34.8 Å². The van der Waals surface area contributed by atoms with Crippen molar-refractivity contribution in [2.24, 2.45) is 5.73 Å². The zero-order valence-electron chi connectivity index (χ0n) is 11.4. The van der Waals surface area contributed by atoms with Gasteiger partial charge in [0, 0.05) is 17.8 Å². The Morgan fingerprint density at radius 2 is 1.74 bits per heavy atom. The van der Waals surface area contributed by atoms with Gasteiger partial charge in [-0.1, -0.05) is 17.7 Å². The van der Waals surface area contributed by atoms with Gasteiger partial charge in [0.1, 0.15) is 6.17 Å². The molecule has 0 bridgehead atoms. The summed E-state index contributed by atoms with van der Waals surface area (Å²) >= 11 is 11.5. The van der Waals surface area contributed by atoms with Crippen molar-refractivity contribution in [1.29, 1.82) is 0 Å². The van der Waals surface area contributed by atoms with Crippen LogP contribution in [0.2, 0.25) is 0 Å². The highest BCUT2D eigenvalue weighted by Gasteiger charge is 2.43. The van der Waals surface area contributed by atoms with Crippen LogP contribution in [-0.2, 0) is 0 Å². The molecule has 1 heterocycles. The van der Waals surface area contributed by atoms with Gasteiger partial charge in [0.2, 0.25) is 0 Å². The summed E-state index contributed by atoms with van der Waals surface area (Å²) in [6.45, 7) is 0. The molecule has 0 aromatic carbocycles. The molecule has 0 spiro atoms. The van der Waals surface area contributed by atoms with Crippen LogP contribution >= 0.6 is 23.2 Å². The summed E-state index contributed by atoms with van der Waals surface area (Å²) in [5, 5.41) is -1.59. The average molecular weight is 381 g/mol. The second-order valence-corrected chi connectivity index (χ2v) is 6.22. The molecule has 0 amide bonds.